The third-order valence-corrected chi connectivity index (χ3v) is 7.17. The van der Waals surface area contributed by atoms with Crippen LogP contribution in [0.25, 0.3) is 0 Å². The van der Waals surface area contributed by atoms with E-state index in [9.17, 15) is 13.7 Å². The lowest BCUT2D eigenvalue weighted by Crippen LogP contribution is -2.49. The first kappa shape index (κ1) is 18.1. The van der Waals surface area contributed by atoms with Gasteiger partial charge in [0.1, 0.15) is 6.04 Å². The number of nitrogens with zero attached hydrogens (tertiary/aromatic N) is 3. The number of hydrogen-bond acceptors (Lipinski definition) is 5. The van der Waals surface area contributed by atoms with E-state index in [4.69, 9.17) is 0 Å². The van der Waals surface area contributed by atoms with Gasteiger partial charge in [-0.3, -0.25) is 4.90 Å². The average Bonchev–Trinajstić information content (AvgIpc) is 3.10. The van der Waals surface area contributed by atoms with Gasteiger partial charge in [-0.15, -0.1) is 11.3 Å². The smallest absolute Gasteiger partial charge is 0.218 e. The second-order valence-corrected chi connectivity index (χ2v) is 9.18. The number of benzene rings is 1. The molecule has 0 radical (unpaired) electrons. The van der Waals surface area contributed by atoms with Gasteiger partial charge in [0, 0.05) is 31.1 Å². The van der Waals surface area contributed by atoms with Crippen molar-refractivity contribution in [1.82, 2.24) is 9.21 Å². The van der Waals surface area contributed by atoms with Crippen molar-refractivity contribution < 1.29 is 8.42 Å². The molecule has 1 saturated heterocycles. The van der Waals surface area contributed by atoms with Crippen LogP contribution in [-0.4, -0.2) is 43.8 Å². The molecule has 2 heterocycles. The minimum Gasteiger partial charge on any atom is -0.281 e. The molecule has 1 aliphatic heterocycles. The summed E-state index contributed by atoms with van der Waals surface area (Å²) in [5.41, 5.74) is 1.88. The Kier molecular flexibility index (Phi) is 5.54. The van der Waals surface area contributed by atoms with Crippen LogP contribution in [0, 0.1) is 18.3 Å². The number of aryl methyl sites for hydroxylation is 1. The monoisotopic (exact) mass is 375 g/mol. The first-order valence-corrected chi connectivity index (χ1v) is 10.7. The molecule has 25 heavy (non-hydrogen) atoms. The largest absolute Gasteiger partial charge is 0.281 e. The summed E-state index contributed by atoms with van der Waals surface area (Å²) in [5.74, 6) is 0.0291. The van der Waals surface area contributed by atoms with Crippen molar-refractivity contribution in [3.8, 4) is 6.07 Å². The van der Waals surface area contributed by atoms with E-state index >= 15 is 0 Å². The van der Waals surface area contributed by atoms with Crippen molar-refractivity contribution in [1.29, 1.82) is 5.26 Å². The van der Waals surface area contributed by atoms with E-state index in [2.05, 4.69) is 11.0 Å². The third-order valence-electron chi connectivity index (χ3n) is 4.40. The van der Waals surface area contributed by atoms with Gasteiger partial charge < -0.3 is 0 Å². The predicted octanol–water partition coefficient (Wildman–Crippen LogP) is 2.77. The van der Waals surface area contributed by atoms with E-state index < -0.39 is 10.0 Å². The van der Waals surface area contributed by atoms with Crippen molar-refractivity contribution in [3.63, 3.8) is 0 Å². The van der Waals surface area contributed by atoms with E-state index in [-0.39, 0.29) is 11.8 Å². The maximum atomic E-state index is 12.7. The second kappa shape index (κ2) is 7.67. The van der Waals surface area contributed by atoms with Crippen LogP contribution >= 0.6 is 11.3 Å². The molecule has 0 saturated carbocycles. The molecule has 0 bridgehead atoms. The van der Waals surface area contributed by atoms with Gasteiger partial charge in [0.15, 0.2) is 0 Å². The maximum Gasteiger partial charge on any atom is 0.218 e. The van der Waals surface area contributed by atoms with Gasteiger partial charge in [-0.1, -0.05) is 35.9 Å². The first-order valence-electron chi connectivity index (χ1n) is 8.20. The van der Waals surface area contributed by atoms with E-state index in [1.165, 1.54) is 0 Å². The van der Waals surface area contributed by atoms with Gasteiger partial charge >= 0.3 is 0 Å². The van der Waals surface area contributed by atoms with E-state index in [0.29, 0.717) is 26.2 Å². The molecule has 132 valence electrons. The zero-order valence-corrected chi connectivity index (χ0v) is 15.8. The third kappa shape index (κ3) is 4.28. The SMILES string of the molecule is Cc1cccc(CS(=O)(=O)N2CCN(C(C#N)c3cccs3)CC2)c1. The minimum absolute atomic E-state index is 0.0291. The highest BCUT2D eigenvalue weighted by atomic mass is 32.2. The summed E-state index contributed by atoms with van der Waals surface area (Å²) < 4.78 is 26.9. The fourth-order valence-electron chi connectivity index (χ4n) is 3.12. The minimum atomic E-state index is -3.34. The lowest BCUT2D eigenvalue weighted by Gasteiger charge is -2.36. The molecule has 3 rings (SSSR count). The van der Waals surface area contributed by atoms with Crippen molar-refractivity contribution in [3.05, 3.63) is 57.8 Å². The maximum absolute atomic E-state index is 12.7. The summed E-state index contributed by atoms with van der Waals surface area (Å²) in [4.78, 5) is 3.07. The molecule has 0 aliphatic carbocycles. The summed E-state index contributed by atoms with van der Waals surface area (Å²) in [6.45, 7) is 3.96. The number of hydrogen-bond donors (Lipinski definition) is 0. The Morgan fingerprint density at radius 2 is 1.96 bits per heavy atom. The molecule has 0 spiro atoms. The van der Waals surface area contributed by atoms with Crippen molar-refractivity contribution >= 4 is 21.4 Å². The number of thiophene rings is 1. The van der Waals surface area contributed by atoms with Crippen LogP contribution in [0.5, 0.6) is 0 Å². The summed E-state index contributed by atoms with van der Waals surface area (Å²) >= 11 is 1.56. The van der Waals surface area contributed by atoms with Gasteiger partial charge in [-0.25, -0.2) is 8.42 Å². The highest BCUT2D eigenvalue weighted by Crippen LogP contribution is 2.26. The number of nitriles is 1. The number of piperazine rings is 1. The van der Waals surface area contributed by atoms with Crippen molar-refractivity contribution in [2.24, 2.45) is 0 Å². The average molecular weight is 376 g/mol. The molecule has 1 aromatic heterocycles. The van der Waals surface area contributed by atoms with Gasteiger partial charge in [0.2, 0.25) is 10.0 Å². The molecular weight excluding hydrogens is 354 g/mol. The molecule has 5 nitrogen and oxygen atoms in total. The normalized spacial score (nSPS) is 17.9. The first-order chi connectivity index (χ1) is 12.0. The van der Waals surface area contributed by atoms with Crippen LogP contribution in [0.15, 0.2) is 41.8 Å². The molecule has 1 atom stereocenters. The van der Waals surface area contributed by atoms with Gasteiger partial charge in [0.05, 0.1) is 11.8 Å². The predicted molar refractivity (Wildman–Crippen MR) is 99.6 cm³/mol. The summed E-state index contributed by atoms with van der Waals surface area (Å²) in [6.07, 6.45) is 0. The molecular formula is C18H21N3O2S2. The zero-order valence-electron chi connectivity index (χ0n) is 14.1. The van der Waals surface area contributed by atoms with Gasteiger partial charge in [-0.2, -0.15) is 9.57 Å². The lowest BCUT2D eigenvalue weighted by molar-refractivity contribution is 0.164. The Morgan fingerprint density at radius 3 is 2.56 bits per heavy atom. The molecule has 7 heteroatoms. The summed E-state index contributed by atoms with van der Waals surface area (Å²) in [6, 6.07) is 13.6. The molecule has 1 aliphatic rings. The quantitative estimate of drug-likeness (QED) is 0.806. The number of sulfonamides is 1. The Balaban J connectivity index is 1.64. The van der Waals surface area contributed by atoms with Crippen LogP contribution in [0.4, 0.5) is 0 Å². The molecule has 0 amide bonds. The summed E-state index contributed by atoms with van der Waals surface area (Å²) in [7, 11) is -3.34. The molecule has 1 aromatic carbocycles. The van der Waals surface area contributed by atoms with Crippen LogP contribution in [0.2, 0.25) is 0 Å². The second-order valence-electron chi connectivity index (χ2n) is 6.23. The Bertz CT molecular complexity index is 849. The highest BCUT2D eigenvalue weighted by molar-refractivity contribution is 7.88. The van der Waals surface area contributed by atoms with Crippen molar-refractivity contribution in [2.75, 3.05) is 26.2 Å². The fraction of sp³-hybridized carbons (Fsp3) is 0.389. The molecule has 0 N–H and O–H groups in total. The van der Waals surface area contributed by atoms with Crippen LogP contribution in [-0.2, 0) is 15.8 Å². The van der Waals surface area contributed by atoms with E-state index in [1.54, 1.807) is 15.6 Å². The molecule has 1 fully saturated rings. The summed E-state index contributed by atoms with van der Waals surface area (Å²) in [5, 5.41) is 11.4. The zero-order chi connectivity index (χ0) is 17.9. The fourth-order valence-corrected chi connectivity index (χ4v) is 5.42. The highest BCUT2D eigenvalue weighted by Gasteiger charge is 2.31. The van der Waals surface area contributed by atoms with E-state index in [0.717, 1.165) is 16.0 Å². The lowest BCUT2D eigenvalue weighted by atomic mass is 10.2. The number of rotatable bonds is 5. The van der Waals surface area contributed by atoms with Crippen molar-refractivity contribution in [2.45, 2.75) is 18.7 Å². The van der Waals surface area contributed by atoms with E-state index in [1.807, 2.05) is 48.7 Å². The van der Waals surface area contributed by atoms with Gasteiger partial charge in [-0.05, 0) is 23.9 Å². The van der Waals surface area contributed by atoms with Crippen LogP contribution < -0.4 is 0 Å². The standard InChI is InChI=1S/C18H21N3O2S2/c1-15-4-2-5-16(12-15)14-25(22,23)21-9-7-20(8-10-21)17(13-19)18-6-3-11-24-18/h2-6,11-12,17H,7-10,14H2,1H3. The van der Waals surface area contributed by atoms with Crippen LogP contribution in [0.3, 0.4) is 0 Å². The molecule has 2 aromatic rings. The topological polar surface area (TPSA) is 64.4 Å². The van der Waals surface area contributed by atoms with Crippen LogP contribution in [0.1, 0.15) is 22.0 Å². The Hall–Kier alpha value is -1.72. The molecule has 1 unspecified atom stereocenters. The Morgan fingerprint density at radius 1 is 1.20 bits per heavy atom. The Labute approximate surface area is 153 Å². The van der Waals surface area contributed by atoms with Gasteiger partial charge in [0.25, 0.3) is 0 Å².